The topological polar surface area (TPSA) is 69.0 Å². The molecule has 1 fully saturated rings. The van der Waals surface area contributed by atoms with E-state index in [0.717, 1.165) is 34.1 Å². The van der Waals surface area contributed by atoms with Crippen LogP contribution in [-0.4, -0.2) is 28.9 Å². The fourth-order valence-electron chi connectivity index (χ4n) is 4.27. The molecular weight excluding hydrogens is 396 g/mol. The Morgan fingerprint density at radius 2 is 2.20 bits per heavy atom. The molecule has 0 aliphatic carbocycles. The molecule has 6 heteroatoms. The van der Waals surface area contributed by atoms with Crippen LogP contribution in [0, 0.1) is 18.3 Å². The number of nitrogens with zero attached hydrogens (tertiary/aromatic N) is 3. The van der Waals surface area contributed by atoms with Crippen LogP contribution >= 0.6 is 11.6 Å². The summed E-state index contributed by atoms with van der Waals surface area (Å²) in [5, 5.41) is 14.3. The van der Waals surface area contributed by atoms with Crippen LogP contribution in [0.5, 0.6) is 0 Å². The molecule has 2 aromatic carbocycles. The molecule has 4 rings (SSSR count). The van der Waals surface area contributed by atoms with Crippen molar-refractivity contribution in [1.29, 1.82) is 5.26 Å². The zero-order chi connectivity index (χ0) is 21.3. The first-order valence-electron chi connectivity index (χ1n) is 9.71. The van der Waals surface area contributed by atoms with Gasteiger partial charge >= 0.3 is 0 Å². The van der Waals surface area contributed by atoms with Gasteiger partial charge < -0.3 is 10.2 Å². The SMILES string of the molecule is C=CC(=O)N1CC[C@](Nc2ccc3cc(C#N)cnc3c2)(c2c(C)cccc2Cl)C1. The van der Waals surface area contributed by atoms with Crippen LogP contribution in [0.4, 0.5) is 5.69 Å². The summed E-state index contributed by atoms with van der Waals surface area (Å²) in [5.74, 6) is -0.0902. The Morgan fingerprint density at radius 3 is 2.93 bits per heavy atom. The number of likely N-dealkylation sites (tertiary alicyclic amines) is 1. The van der Waals surface area contributed by atoms with Gasteiger partial charge in [0, 0.05) is 40.9 Å². The van der Waals surface area contributed by atoms with Gasteiger partial charge in [-0.25, -0.2) is 0 Å². The molecule has 1 aliphatic rings. The average Bonchev–Trinajstić information content (AvgIpc) is 3.17. The van der Waals surface area contributed by atoms with Crippen molar-refractivity contribution in [3.63, 3.8) is 0 Å². The van der Waals surface area contributed by atoms with Gasteiger partial charge in [0.05, 0.1) is 16.6 Å². The Bertz CT molecular complexity index is 1180. The highest BCUT2D eigenvalue weighted by atomic mass is 35.5. The largest absolute Gasteiger partial charge is 0.374 e. The second-order valence-corrected chi connectivity index (χ2v) is 8.00. The molecule has 1 amide bonds. The van der Waals surface area contributed by atoms with Crippen molar-refractivity contribution >= 4 is 34.1 Å². The number of amides is 1. The molecule has 5 nitrogen and oxygen atoms in total. The Hall–Kier alpha value is -3.36. The lowest BCUT2D eigenvalue weighted by Gasteiger charge is -2.34. The van der Waals surface area contributed by atoms with Gasteiger partial charge in [-0.2, -0.15) is 5.26 Å². The van der Waals surface area contributed by atoms with Crippen LogP contribution < -0.4 is 5.32 Å². The summed E-state index contributed by atoms with van der Waals surface area (Å²) in [4.78, 5) is 18.5. The van der Waals surface area contributed by atoms with Gasteiger partial charge in [-0.15, -0.1) is 0 Å². The second-order valence-electron chi connectivity index (χ2n) is 7.60. The van der Waals surface area contributed by atoms with Crippen molar-refractivity contribution in [1.82, 2.24) is 9.88 Å². The zero-order valence-electron chi connectivity index (χ0n) is 16.7. The lowest BCUT2D eigenvalue weighted by molar-refractivity contribution is -0.125. The molecule has 150 valence electrons. The number of fused-ring (bicyclic) bond motifs is 1. The minimum absolute atomic E-state index is 0.0902. The molecule has 3 aromatic rings. The molecular formula is C24H21ClN4O. The summed E-state index contributed by atoms with van der Waals surface area (Å²) >= 11 is 6.65. The fraction of sp³-hybridized carbons (Fsp3) is 0.208. The van der Waals surface area contributed by atoms with Crippen LogP contribution in [0.2, 0.25) is 5.02 Å². The van der Waals surface area contributed by atoms with E-state index in [1.807, 2.05) is 49.4 Å². The average molecular weight is 417 g/mol. The van der Waals surface area contributed by atoms with Gasteiger partial charge in [0.15, 0.2) is 0 Å². The quantitative estimate of drug-likeness (QED) is 0.620. The molecule has 1 saturated heterocycles. The first-order chi connectivity index (χ1) is 14.5. The summed E-state index contributed by atoms with van der Waals surface area (Å²) in [6.07, 6.45) is 3.64. The molecule has 0 unspecified atom stereocenters. The van der Waals surface area contributed by atoms with E-state index in [1.54, 1.807) is 11.1 Å². The molecule has 1 atom stereocenters. The number of aromatic nitrogens is 1. The maximum Gasteiger partial charge on any atom is 0.246 e. The maximum atomic E-state index is 12.3. The third-order valence-corrected chi connectivity index (χ3v) is 5.97. The Kier molecular flexibility index (Phi) is 5.19. The fourth-order valence-corrected chi connectivity index (χ4v) is 4.67. The molecule has 0 saturated carbocycles. The maximum absolute atomic E-state index is 12.3. The minimum atomic E-state index is -0.526. The molecule has 0 bridgehead atoms. The molecule has 30 heavy (non-hydrogen) atoms. The first kappa shape index (κ1) is 19.9. The van der Waals surface area contributed by atoms with Crippen LogP contribution in [0.25, 0.3) is 10.9 Å². The van der Waals surface area contributed by atoms with Crippen molar-refractivity contribution in [3.8, 4) is 6.07 Å². The monoisotopic (exact) mass is 416 g/mol. The van der Waals surface area contributed by atoms with Gasteiger partial charge in [-0.05, 0) is 49.2 Å². The normalized spacial score (nSPS) is 18.2. The number of hydrogen-bond donors (Lipinski definition) is 1. The standard InChI is InChI=1S/C24H21ClN4O/c1-3-22(30)29-10-9-24(15-29,23-16(2)5-4-6-20(23)25)28-19-8-7-18-11-17(13-26)14-27-21(18)12-19/h3-8,11-12,14,28H,1,9-10,15H2,2H3/t24-/m1/s1. The molecule has 1 N–H and O–H groups in total. The lowest BCUT2D eigenvalue weighted by atomic mass is 9.85. The third kappa shape index (κ3) is 3.51. The highest BCUT2D eigenvalue weighted by molar-refractivity contribution is 6.31. The Labute approximate surface area is 180 Å². The van der Waals surface area contributed by atoms with E-state index in [9.17, 15) is 4.79 Å². The second kappa shape index (κ2) is 7.81. The number of pyridine rings is 1. The van der Waals surface area contributed by atoms with Crippen LogP contribution in [0.3, 0.4) is 0 Å². The number of aryl methyl sites for hydroxylation is 1. The van der Waals surface area contributed by atoms with E-state index in [4.69, 9.17) is 16.9 Å². The molecule has 0 spiro atoms. The van der Waals surface area contributed by atoms with Crippen LogP contribution in [-0.2, 0) is 10.3 Å². The number of carbonyl (C=O) groups is 1. The number of nitrogens with one attached hydrogen (secondary N) is 1. The van der Waals surface area contributed by atoms with Crippen molar-refractivity contribution < 1.29 is 4.79 Å². The highest BCUT2D eigenvalue weighted by Gasteiger charge is 2.43. The van der Waals surface area contributed by atoms with Gasteiger partial charge in [-0.1, -0.05) is 36.4 Å². The van der Waals surface area contributed by atoms with Crippen molar-refractivity contribution in [2.24, 2.45) is 0 Å². The van der Waals surface area contributed by atoms with E-state index in [2.05, 4.69) is 22.9 Å². The molecule has 2 heterocycles. The molecule has 0 radical (unpaired) electrons. The first-order valence-corrected chi connectivity index (χ1v) is 10.1. The summed E-state index contributed by atoms with van der Waals surface area (Å²) in [6, 6.07) is 15.7. The number of halogens is 1. The van der Waals surface area contributed by atoms with Crippen molar-refractivity contribution in [3.05, 3.63) is 83.0 Å². The molecule has 1 aliphatic heterocycles. The number of benzene rings is 2. The summed E-state index contributed by atoms with van der Waals surface area (Å²) in [6.45, 7) is 6.76. The van der Waals surface area contributed by atoms with Gasteiger partial charge in [-0.3, -0.25) is 9.78 Å². The van der Waals surface area contributed by atoms with Gasteiger partial charge in [0.2, 0.25) is 5.91 Å². The van der Waals surface area contributed by atoms with Crippen LogP contribution in [0.15, 0.2) is 61.3 Å². The van der Waals surface area contributed by atoms with E-state index >= 15 is 0 Å². The predicted molar refractivity (Wildman–Crippen MR) is 119 cm³/mol. The van der Waals surface area contributed by atoms with Crippen LogP contribution in [0.1, 0.15) is 23.1 Å². The highest BCUT2D eigenvalue weighted by Crippen LogP contribution is 2.41. The third-order valence-electron chi connectivity index (χ3n) is 5.65. The van der Waals surface area contributed by atoms with E-state index in [1.165, 1.54) is 6.08 Å². The lowest BCUT2D eigenvalue weighted by Crippen LogP contribution is -2.40. The van der Waals surface area contributed by atoms with Crippen molar-refractivity contribution in [2.45, 2.75) is 18.9 Å². The summed E-state index contributed by atoms with van der Waals surface area (Å²) in [5.41, 5.74) is 3.75. The Morgan fingerprint density at radius 1 is 1.37 bits per heavy atom. The zero-order valence-corrected chi connectivity index (χ0v) is 17.4. The number of rotatable bonds is 4. The van der Waals surface area contributed by atoms with Crippen molar-refractivity contribution in [2.75, 3.05) is 18.4 Å². The van der Waals surface area contributed by atoms with E-state index in [0.29, 0.717) is 23.7 Å². The minimum Gasteiger partial charge on any atom is -0.374 e. The van der Waals surface area contributed by atoms with E-state index < -0.39 is 5.54 Å². The van der Waals surface area contributed by atoms with Gasteiger partial charge in [0.25, 0.3) is 0 Å². The smallest absolute Gasteiger partial charge is 0.246 e. The number of nitriles is 1. The number of anilines is 1. The summed E-state index contributed by atoms with van der Waals surface area (Å²) < 4.78 is 0. The predicted octanol–water partition coefficient (Wildman–Crippen LogP) is 4.79. The Balaban J connectivity index is 1.78. The van der Waals surface area contributed by atoms with E-state index in [-0.39, 0.29) is 5.91 Å². The summed E-state index contributed by atoms with van der Waals surface area (Å²) in [7, 11) is 0. The molecule has 1 aromatic heterocycles. The van der Waals surface area contributed by atoms with Gasteiger partial charge in [0.1, 0.15) is 6.07 Å². The number of carbonyl (C=O) groups excluding carboxylic acids is 1. The number of hydrogen-bond acceptors (Lipinski definition) is 4.